The fourth-order valence-corrected chi connectivity index (χ4v) is 2.81. The summed E-state index contributed by atoms with van der Waals surface area (Å²) in [6.45, 7) is 8.31. The van der Waals surface area contributed by atoms with Crippen LogP contribution >= 0.6 is 0 Å². The molecule has 2 aromatic rings. The molecule has 2 N–H and O–H groups in total. The minimum absolute atomic E-state index is 0.0127. The number of ketones is 1. The average Bonchev–Trinajstić information content (AvgIpc) is 2.91. The van der Waals surface area contributed by atoms with Crippen molar-refractivity contribution < 1.29 is 29.0 Å². The first-order valence-electron chi connectivity index (χ1n) is 8.59. The van der Waals surface area contributed by atoms with Crippen LogP contribution in [-0.2, 0) is 9.47 Å². The van der Waals surface area contributed by atoms with Crippen LogP contribution in [0.3, 0.4) is 0 Å². The Kier molecular flexibility index (Phi) is 6.05. The van der Waals surface area contributed by atoms with Crippen LogP contribution in [0.5, 0.6) is 5.75 Å². The number of benzene rings is 1. The Morgan fingerprint density at radius 3 is 2.44 bits per heavy atom. The minimum Gasteiger partial charge on any atom is -0.507 e. The van der Waals surface area contributed by atoms with E-state index in [1.54, 1.807) is 39.8 Å². The van der Waals surface area contributed by atoms with E-state index in [-0.39, 0.29) is 23.6 Å². The second kappa shape index (κ2) is 8.07. The van der Waals surface area contributed by atoms with Crippen LogP contribution in [0, 0.1) is 20.8 Å². The molecule has 0 aliphatic rings. The Morgan fingerprint density at radius 2 is 1.81 bits per heavy atom. The Balaban J connectivity index is 2.23. The first-order valence-corrected chi connectivity index (χ1v) is 8.59. The second-order valence-electron chi connectivity index (χ2n) is 6.23. The van der Waals surface area contributed by atoms with Crippen molar-refractivity contribution >= 4 is 17.7 Å². The molecule has 0 radical (unpaired) electrons. The fraction of sp³-hybridized carbons (Fsp3) is 0.350. The molecule has 1 aromatic carbocycles. The number of phenols is 1. The van der Waals surface area contributed by atoms with E-state index >= 15 is 0 Å². The van der Waals surface area contributed by atoms with Gasteiger partial charge in [-0.2, -0.15) is 0 Å². The van der Waals surface area contributed by atoms with E-state index in [9.17, 15) is 19.5 Å². The highest BCUT2D eigenvalue weighted by Crippen LogP contribution is 2.24. The summed E-state index contributed by atoms with van der Waals surface area (Å²) in [5, 5.41) is 9.99. The van der Waals surface area contributed by atoms with Gasteiger partial charge in [-0.15, -0.1) is 0 Å². The summed E-state index contributed by atoms with van der Waals surface area (Å²) in [6.07, 6.45) is -1.11. The smallest absolute Gasteiger partial charge is 0.342 e. The number of aromatic amines is 1. The highest BCUT2D eigenvalue weighted by Gasteiger charge is 2.28. The predicted octanol–water partition coefficient (Wildman–Crippen LogP) is 3.25. The monoisotopic (exact) mass is 373 g/mol. The zero-order valence-electron chi connectivity index (χ0n) is 16.0. The molecule has 27 heavy (non-hydrogen) atoms. The predicted molar refractivity (Wildman–Crippen MR) is 98.3 cm³/mol. The number of H-pyrrole nitrogens is 1. The van der Waals surface area contributed by atoms with Crippen LogP contribution in [0.25, 0.3) is 0 Å². The molecule has 0 unspecified atom stereocenters. The number of rotatable bonds is 6. The van der Waals surface area contributed by atoms with Gasteiger partial charge in [0.15, 0.2) is 6.10 Å². The lowest BCUT2D eigenvalue weighted by Gasteiger charge is -2.13. The number of hydrogen-bond acceptors (Lipinski definition) is 6. The summed E-state index contributed by atoms with van der Waals surface area (Å²) < 4.78 is 10.2. The molecule has 1 heterocycles. The maximum atomic E-state index is 12.7. The fourth-order valence-electron chi connectivity index (χ4n) is 2.81. The second-order valence-corrected chi connectivity index (χ2v) is 6.23. The normalized spacial score (nSPS) is 11.7. The molecule has 0 fully saturated rings. The zero-order chi connectivity index (χ0) is 20.3. The summed E-state index contributed by atoms with van der Waals surface area (Å²) in [4.78, 5) is 39.9. The Hall–Kier alpha value is -3.09. The molecule has 1 atom stereocenters. The average molecular weight is 373 g/mol. The number of aromatic nitrogens is 1. The van der Waals surface area contributed by atoms with Crippen LogP contribution in [-0.4, -0.2) is 40.5 Å². The van der Waals surface area contributed by atoms with Gasteiger partial charge in [0.1, 0.15) is 11.3 Å². The lowest BCUT2D eigenvalue weighted by molar-refractivity contribution is 0.0313. The van der Waals surface area contributed by atoms with Gasteiger partial charge in [0, 0.05) is 5.69 Å². The highest BCUT2D eigenvalue weighted by molar-refractivity contribution is 6.04. The topological polar surface area (TPSA) is 106 Å². The Bertz CT molecular complexity index is 896. The molecule has 144 valence electrons. The molecule has 7 heteroatoms. The summed E-state index contributed by atoms with van der Waals surface area (Å²) >= 11 is 0. The van der Waals surface area contributed by atoms with E-state index in [0.717, 1.165) is 0 Å². The van der Waals surface area contributed by atoms with Gasteiger partial charge >= 0.3 is 11.9 Å². The van der Waals surface area contributed by atoms with Crippen molar-refractivity contribution in [2.45, 2.75) is 40.7 Å². The maximum Gasteiger partial charge on any atom is 0.342 e. The van der Waals surface area contributed by atoms with Gasteiger partial charge in [-0.1, -0.05) is 12.1 Å². The van der Waals surface area contributed by atoms with Crippen LogP contribution in [0.15, 0.2) is 18.2 Å². The van der Waals surface area contributed by atoms with Gasteiger partial charge in [-0.25, -0.2) is 9.59 Å². The SMILES string of the molecule is CCOC(=O)c1c(C)[nH]c(C(=O)[C@@H](C)OC(=O)c2cccc(C)c2O)c1C. The summed E-state index contributed by atoms with van der Waals surface area (Å²) in [6, 6.07) is 4.69. The van der Waals surface area contributed by atoms with Crippen molar-refractivity contribution in [3.05, 3.63) is 51.8 Å². The minimum atomic E-state index is -1.11. The third kappa shape index (κ3) is 4.02. The number of aryl methyl sites for hydroxylation is 2. The van der Waals surface area contributed by atoms with E-state index in [1.807, 2.05) is 0 Å². The molecule has 2 rings (SSSR count). The molecule has 7 nitrogen and oxygen atoms in total. The van der Waals surface area contributed by atoms with Gasteiger partial charge in [-0.3, -0.25) is 4.79 Å². The number of hydrogen-bond donors (Lipinski definition) is 2. The van der Waals surface area contributed by atoms with Crippen molar-refractivity contribution in [2.24, 2.45) is 0 Å². The largest absolute Gasteiger partial charge is 0.507 e. The first kappa shape index (κ1) is 20.2. The molecule has 0 spiro atoms. The number of nitrogens with one attached hydrogen (secondary N) is 1. The number of phenolic OH excluding ortho intramolecular Hbond substituents is 1. The molecule has 1 aromatic heterocycles. The molecule has 0 amide bonds. The molecule has 0 aliphatic heterocycles. The molecule has 0 saturated carbocycles. The number of esters is 2. The zero-order valence-corrected chi connectivity index (χ0v) is 16.0. The number of ether oxygens (including phenoxy) is 2. The molecule has 0 aliphatic carbocycles. The van der Waals surface area contributed by atoms with E-state index in [1.165, 1.54) is 13.0 Å². The maximum absolute atomic E-state index is 12.7. The number of Topliss-reactive ketones (excluding diaryl/α,β-unsaturated/α-hetero) is 1. The van der Waals surface area contributed by atoms with Gasteiger partial charge in [-0.05, 0) is 51.8 Å². The van der Waals surface area contributed by atoms with Crippen molar-refractivity contribution in [2.75, 3.05) is 6.61 Å². The van der Waals surface area contributed by atoms with Gasteiger partial charge in [0.05, 0.1) is 17.9 Å². The van der Waals surface area contributed by atoms with Gasteiger partial charge < -0.3 is 19.6 Å². The van der Waals surface area contributed by atoms with E-state index in [4.69, 9.17) is 9.47 Å². The molecular weight excluding hydrogens is 350 g/mol. The van der Waals surface area contributed by atoms with Crippen molar-refractivity contribution in [1.29, 1.82) is 0 Å². The molecule has 0 saturated heterocycles. The third-order valence-corrected chi connectivity index (χ3v) is 4.27. The van der Waals surface area contributed by atoms with Crippen LogP contribution in [0.2, 0.25) is 0 Å². The molecule has 0 bridgehead atoms. The van der Waals surface area contributed by atoms with Crippen molar-refractivity contribution in [3.63, 3.8) is 0 Å². The number of aromatic hydroxyl groups is 1. The van der Waals surface area contributed by atoms with Crippen LogP contribution < -0.4 is 0 Å². The van der Waals surface area contributed by atoms with Crippen molar-refractivity contribution in [1.82, 2.24) is 4.98 Å². The van der Waals surface area contributed by atoms with E-state index in [0.29, 0.717) is 22.4 Å². The Morgan fingerprint density at radius 1 is 1.15 bits per heavy atom. The summed E-state index contributed by atoms with van der Waals surface area (Å²) in [5.41, 5.74) is 1.94. The number of carbonyl (C=O) groups is 3. The van der Waals surface area contributed by atoms with Crippen LogP contribution in [0.1, 0.15) is 61.9 Å². The highest BCUT2D eigenvalue weighted by atomic mass is 16.5. The lowest BCUT2D eigenvalue weighted by Crippen LogP contribution is -2.25. The number of carbonyl (C=O) groups excluding carboxylic acids is 3. The van der Waals surface area contributed by atoms with Crippen LogP contribution in [0.4, 0.5) is 0 Å². The van der Waals surface area contributed by atoms with Crippen molar-refractivity contribution in [3.8, 4) is 5.75 Å². The van der Waals surface area contributed by atoms with Gasteiger partial charge in [0.2, 0.25) is 5.78 Å². The van der Waals surface area contributed by atoms with E-state index in [2.05, 4.69) is 4.98 Å². The number of para-hydroxylation sites is 1. The van der Waals surface area contributed by atoms with E-state index < -0.39 is 23.8 Å². The standard InChI is InChI=1S/C20H23NO6/c1-6-26-20(25)15-11(3)16(21-12(15)4)18(23)13(5)27-19(24)14-9-7-8-10(2)17(14)22/h7-9,13,21-22H,6H2,1-5H3/t13-/m1/s1. The Labute approximate surface area is 157 Å². The molecular formula is C20H23NO6. The summed E-state index contributed by atoms with van der Waals surface area (Å²) in [7, 11) is 0. The van der Waals surface area contributed by atoms with Gasteiger partial charge in [0.25, 0.3) is 0 Å². The lowest BCUT2D eigenvalue weighted by atomic mass is 10.1. The first-order chi connectivity index (χ1) is 12.7. The quantitative estimate of drug-likeness (QED) is 0.595. The summed E-state index contributed by atoms with van der Waals surface area (Å²) in [5.74, 6) is -1.98. The third-order valence-electron chi connectivity index (χ3n) is 4.27.